The van der Waals surface area contributed by atoms with Crippen LogP contribution in [-0.4, -0.2) is 0 Å². The molecule has 2 unspecified atom stereocenters. The first-order chi connectivity index (χ1) is 19.8. The number of hydrogen-bond donors (Lipinski definition) is 0. The van der Waals surface area contributed by atoms with Gasteiger partial charge in [-0.05, 0) is 80.3 Å². The molecular formula is C39H30O. The van der Waals surface area contributed by atoms with Crippen LogP contribution in [0.2, 0.25) is 0 Å². The van der Waals surface area contributed by atoms with E-state index in [1.54, 1.807) is 0 Å². The molecule has 0 spiro atoms. The van der Waals surface area contributed by atoms with E-state index in [1.807, 2.05) is 6.07 Å². The lowest BCUT2D eigenvalue weighted by Crippen LogP contribution is -2.05. The molecule has 7 aromatic rings. The smallest absolute Gasteiger partial charge is 0.136 e. The molecule has 0 aliphatic heterocycles. The molecule has 0 bridgehead atoms. The van der Waals surface area contributed by atoms with E-state index in [4.69, 9.17) is 4.42 Å². The zero-order valence-electron chi connectivity index (χ0n) is 22.6. The van der Waals surface area contributed by atoms with Crippen molar-refractivity contribution >= 4 is 43.5 Å². The third-order valence-corrected chi connectivity index (χ3v) is 8.81. The van der Waals surface area contributed by atoms with Crippen LogP contribution in [0.1, 0.15) is 31.2 Å². The number of rotatable bonds is 3. The molecule has 1 aromatic heterocycles. The number of benzene rings is 6. The van der Waals surface area contributed by atoms with Gasteiger partial charge in [-0.15, -0.1) is 0 Å². The lowest BCUT2D eigenvalue weighted by atomic mass is 9.82. The quantitative estimate of drug-likeness (QED) is 0.169. The van der Waals surface area contributed by atoms with Crippen molar-refractivity contribution in [1.82, 2.24) is 0 Å². The van der Waals surface area contributed by atoms with Crippen LogP contribution in [0.5, 0.6) is 0 Å². The van der Waals surface area contributed by atoms with Crippen LogP contribution in [0.4, 0.5) is 0 Å². The van der Waals surface area contributed by atoms with Crippen molar-refractivity contribution in [1.29, 1.82) is 0 Å². The van der Waals surface area contributed by atoms with Gasteiger partial charge in [0.15, 0.2) is 0 Å². The minimum Gasteiger partial charge on any atom is -0.456 e. The van der Waals surface area contributed by atoms with Crippen molar-refractivity contribution in [3.8, 4) is 22.3 Å². The molecular weight excluding hydrogens is 484 g/mol. The highest BCUT2D eigenvalue weighted by atomic mass is 16.3. The number of allylic oxidation sites excluding steroid dienone is 2. The molecule has 0 saturated heterocycles. The molecule has 1 heterocycles. The van der Waals surface area contributed by atoms with Crippen LogP contribution in [0.3, 0.4) is 0 Å². The van der Waals surface area contributed by atoms with Crippen LogP contribution in [0.15, 0.2) is 132 Å². The fourth-order valence-corrected chi connectivity index (χ4v) is 6.87. The first-order valence-electron chi connectivity index (χ1n) is 14.4. The molecule has 0 fully saturated rings. The summed E-state index contributed by atoms with van der Waals surface area (Å²) < 4.78 is 6.30. The second-order valence-corrected chi connectivity index (χ2v) is 11.3. The van der Waals surface area contributed by atoms with Crippen molar-refractivity contribution in [2.24, 2.45) is 5.92 Å². The Balaban J connectivity index is 1.44. The monoisotopic (exact) mass is 514 g/mol. The average molecular weight is 515 g/mol. The molecule has 1 heteroatoms. The van der Waals surface area contributed by atoms with Crippen molar-refractivity contribution in [3.63, 3.8) is 0 Å². The van der Waals surface area contributed by atoms with Gasteiger partial charge in [0.25, 0.3) is 0 Å². The zero-order valence-corrected chi connectivity index (χ0v) is 22.6. The summed E-state index contributed by atoms with van der Waals surface area (Å²) in [6, 6.07) is 42.0. The van der Waals surface area contributed by atoms with Crippen molar-refractivity contribution < 1.29 is 4.42 Å². The molecule has 1 nitrogen and oxygen atoms in total. The van der Waals surface area contributed by atoms with Crippen LogP contribution in [0.25, 0.3) is 65.7 Å². The van der Waals surface area contributed by atoms with Gasteiger partial charge in [0.05, 0.1) is 0 Å². The Hall–Kier alpha value is -4.62. The first kappa shape index (κ1) is 23.3. The van der Waals surface area contributed by atoms with Crippen LogP contribution in [-0.2, 0) is 0 Å². The van der Waals surface area contributed by atoms with Crippen molar-refractivity contribution in [3.05, 3.63) is 133 Å². The Kier molecular flexibility index (Phi) is 5.38. The number of para-hydroxylation sites is 1. The van der Waals surface area contributed by atoms with E-state index < -0.39 is 0 Å². The molecule has 2 atom stereocenters. The number of furan rings is 1. The van der Waals surface area contributed by atoms with E-state index in [-0.39, 0.29) is 0 Å². The van der Waals surface area contributed by atoms with E-state index in [1.165, 1.54) is 67.6 Å². The Morgan fingerprint density at radius 1 is 0.550 bits per heavy atom. The molecule has 0 saturated carbocycles. The van der Waals surface area contributed by atoms with Gasteiger partial charge in [-0.1, -0.05) is 122 Å². The molecule has 192 valence electrons. The predicted molar refractivity (Wildman–Crippen MR) is 170 cm³/mol. The zero-order chi connectivity index (χ0) is 26.6. The summed E-state index contributed by atoms with van der Waals surface area (Å²) in [6.45, 7) is 2.32. The Bertz CT molecular complexity index is 2030. The molecule has 1 aliphatic rings. The lowest BCUT2D eigenvalue weighted by Gasteiger charge is -2.22. The topological polar surface area (TPSA) is 13.1 Å². The van der Waals surface area contributed by atoms with Crippen LogP contribution in [0, 0.1) is 5.92 Å². The lowest BCUT2D eigenvalue weighted by molar-refractivity contribution is 0.545. The van der Waals surface area contributed by atoms with Gasteiger partial charge in [-0.3, -0.25) is 0 Å². The van der Waals surface area contributed by atoms with Crippen LogP contribution >= 0.6 is 0 Å². The molecule has 6 aromatic carbocycles. The number of hydrogen-bond acceptors (Lipinski definition) is 1. The van der Waals surface area contributed by atoms with Crippen molar-refractivity contribution in [2.45, 2.75) is 25.7 Å². The fourth-order valence-electron chi connectivity index (χ4n) is 6.87. The molecule has 0 amide bonds. The Labute approximate surface area is 234 Å². The fraction of sp³-hybridized carbons (Fsp3) is 0.128. The predicted octanol–water partition coefficient (Wildman–Crippen LogP) is 11.3. The summed E-state index contributed by atoms with van der Waals surface area (Å²) >= 11 is 0. The highest BCUT2D eigenvalue weighted by Crippen LogP contribution is 2.47. The molecule has 0 N–H and O–H groups in total. The average Bonchev–Trinajstić information content (AvgIpc) is 3.39. The van der Waals surface area contributed by atoms with E-state index in [0.717, 1.165) is 16.6 Å². The summed E-state index contributed by atoms with van der Waals surface area (Å²) in [7, 11) is 0. The molecule has 8 rings (SSSR count). The van der Waals surface area contributed by atoms with Crippen LogP contribution < -0.4 is 0 Å². The van der Waals surface area contributed by atoms with Gasteiger partial charge in [0.1, 0.15) is 11.2 Å². The van der Waals surface area contributed by atoms with E-state index in [2.05, 4.69) is 128 Å². The third kappa shape index (κ3) is 3.62. The standard InChI is InChI=1S/C39H30O/c1-25-20-22-26(23-21-25)27-10-8-11-28(24-27)37-29-12-2-4-14-31(29)38(32-15-5-3-13-30(32)37)34-17-9-19-36-39(34)33-16-6-7-18-35(33)40-36/h2-20,22,24-26H,21,23H2,1H3. The van der Waals surface area contributed by atoms with E-state index in [0.29, 0.717) is 11.8 Å². The minimum absolute atomic E-state index is 0.486. The maximum Gasteiger partial charge on any atom is 0.136 e. The van der Waals surface area contributed by atoms with Gasteiger partial charge >= 0.3 is 0 Å². The van der Waals surface area contributed by atoms with Crippen molar-refractivity contribution in [2.75, 3.05) is 0 Å². The summed E-state index contributed by atoms with van der Waals surface area (Å²) in [6.07, 6.45) is 7.27. The Morgan fingerprint density at radius 3 is 1.88 bits per heavy atom. The maximum absolute atomic E-state index is 6.30. The van der Waals surface area contributed by atoms with E-state index in [9.17, 15) is 0 Å². The largest absolute Gasteiger partial charge is 0.456 e. The van der Waals surface area contributed by atoms with Gasteiger partial charge in [-0.2, -0.15) is 0 Å². The van der Waals surface area contributed by atoms with Gasteiger partial charge in [0, 0.05) is 16.7 Å². The SMILES string of the molecule is CC1C=CC(c2cccc(-c3c4ccccc4c(-c4cccc5oc6ccccc6c45)c4ccccc34)c2)CC1. The number of fused-ring (bicyclic) bond motifs is 5. The highest BCUT2D eigenvalue weighted by molar-refractivity contribution is 6.25. The van der Waals surface area contributed by atoms with Gasteiger partial charge < -0.3 is 4.42 Å². The first-order valence-corrected chi connectivity index (χ1v) is 14.4. The van der Waals surface area contributed by atoms with Gasteiger partial charge in [0.2, 0.25) is 0 Å². The summed E-state index contributed by atoms with van der Waals surface area (Å²) in [4.78, 5) is 0. The van der Waals surface area contributed by atoms with Gasteiger partial charge in [-0.25, -0.2) is 0 Å². The highest BCUT2D eigenvalue weighted by Gasteiger charge is 2.21. The summed E-state index contributed by atoms with van der Waals surface area (Å²) in [5.41, 5.74) is 8.36. The maximum atomic E-state index is 6.30. The normalized spacial score (nSPS) is 17.3. The summed E-state index contributed by atoms with van der Waals surface area (Å²) in [5, 5.41) is 7.45. The minimum atomic E-state index is 0.486. The third-order valence-electron chi connectivity index (χ3n) is 8.81. The molecule has 0 radical (unpaired) electrons. The molecule has 40 heavy (non-hydrogen) atoms. The Morgan fingerprint density at radius 2 is 1.18 bits per heavy atom. The summed E-state index contributed by atoms with van der Waals surface area (Å²) in [5.74, 6) is 1.16. The second kappa shape index (κ2) is 9.24. The molecule has 1 aliphatic carbocycles. The second-order valence-electron chi connectivity index (χ2n) is 11.3. The van der Waals surface area contributed by atoms with E-state index >= 15 is 0 Å².